The van der Waals surface area contributed by atoms with Gasteiger partial charge in [0.25, 0.3) is 11.5 Å². The average molecular weight is 457 g/mol. The maximum Gasteiger partial charge on any atom is 0.262 e. The number of hydrogen-bond acceptors (Lipinski definition) is 4. The van der Waals surface area contributed by atoms with Gasteiger partial charge in [-0.25, -0.2) is 0 Å². The monoisotopic (exact) mass is 456 g/mol. The molecule has 1 aromatic heterocycles. The van der Waals surface area contributed by atoms with Crippen LogP contribution in [0.4, 0.5) is 0 Å². The second kappa shape index (κ2) is 9.34. The Morgan fingerprint density at radius 2 is 1.87 bits per heavy atom. The number of aromatic nitrogens is 2. The lowest BCUT2D eigenvalue weighted by molar-refractivity contribution is 0.0761. The summed E-state index contributed by atoms with van der Waals surface area (Å²) in [6.07, 6.45) is 0.913. The van der Waals surface area contributed by atoms with Crippen molar-refractivity contribution in [2.45, 2.75) is 26.4 Å². The standard InChI is InChI=1S/C23H25ClN4O2S/c1-2-28-22(30)19-9-6-17(14-20(19)25-23(28)31)21(29)27-11-3-10-26(12-13-27)15-16-4-7-18(24)8-5-16/h4-9,14H,2-3,10-13,15H2,1H3,(H,25,31). The molecule has 1 saturated heterocycles. The number of nitrogens with zero attached hydrogens (tertiary/aromatic N) is 3. The van der Waals surface area contributed by atoms with E-state index in [1.807, 2.05) is 36.1 Å². The van der Waals surface area contributed by atoms with E-state index in [-0.39, 0.29) is 11.5 Å². The first-order valence-electron chi connectivity index (χ1n) is 10.5. The number of carbonyl (C=O) groups excluding carboxylic acids is 1. The lowest BCUT2D eigenvalue weighted by atomic mass is 10.1. The smallest absolute Gasteiger partial charge is 0.262 e. The average Bonchev–Trinajstić information content (AvgIpc) is 3.00. The van der Waals surface area contributed by atoms with E-state index in [0.29, 0.717) is 40.9 Å². The van der Waals surface area contributed by atoms with Gasteiger partial charge < -0.3 is 9.88 Å². The fraction of sp³-hybridized carbons (Fsp3) is 0.348. The van der Waals surface area contributed by atoms with Crippen LogP contribution < -0.4 is 5.56 Å². The Kier molecular flexibility index (Phi) is 6.55. The molecule has 0 spiro atoms. The number of rotatable bonds is 4. The minimum absolute atomic E-state index is 0.0192. The van der Waals surface area contributed by atoms with Crippen LogP contribution in [-0.2, 0) is 13.1 Å². The summed E-state index contributed by atoms with van der Waals surface area (Å²) < 4.78 is 1.89. The third-order valence-corrected chi connectivity index (χ3v) is 6.31. The molecule has 1 aliphatic rings. The molecule has 0 unspecified atom stereocenters. The molecule has 0 aliphatic carbocycles. The summed E-state index contributed by atoms with van der Waals surface area (Å²) in [5.74, 6) is -0.0192. The van der Waals surface area contributed by atoms with E-state index in [0.717, 1.165) is 31.1 Å². The number of benzene rings is 2. The molecular weight excluding hydrogens is 432 g/mol. The minimum atomic E-state index is -0.132. The quantitative estimate of drug-likeness (QED) is 0.601. The predicted octanol–water partition coefficient (Wildman–Crippen LogP) is 4.08. The number of amides is 1. The van der Waals surface area contributed by atoms with Gasteiger partial charge in [-0.1, -0.05) is 23.7 Å². The first-order chi connectivity index (χ1) is 15.0. The van der Waals surface area contributed by atoms with Crippen molar-refractivity contribution in [3.63, 3.8) is 0 Å². The van der Waals surface area contributed by atoms with Crippen molar-refractivity contribution in [3.05, 3.63) is 73.7 Å². The summed E-state index contributed by atoms with van der Waals surface area (Å²) in [6, 6.07) is 13.1. The number of H-pyrrole nitrogens is 1. The Morgan fingerprint density at radius 3 is 2.61 bits per heavy atom. The van der Waals surface area contributed by atoms with Crippen LogP contribution in [0.25, 0.3) is 10.9 Å². The summed E-state index contributed by atoms with van der Waals surface area (Å²) in [5, 5.41) is 1.28. The Hall–Kier alpha value is -2.48. The van der Waals surface area contributed by atoms with Gasteiger partial charge in [0, 0.05) is 49.9 Å². The van der Waals surface area contributed by atoms with Crippen LogP contribution >= 0.6 is 23.8 Å². The lowest BCUT2D eigenvalue weighted by Gasteiger charge is -2.22. The van der Waals surface area contributed by atoms with E-state index in [2.05, 4.69) is 9.88 Å². The van der Waals surface area contributed by atoms with Gasteiger partial charge in [0.05, 0.1) is 10.9 Å². The predicted molar refractivity (Wildman–Crippen MR) is 126 cm³/mol. The van der Waals surface area contributed by atoms with Crippen molar-refractivity contribution >= 4 is 40.6 Å². The van der Waals surface area contributed by atoms with E-state index < -0.39 is 0 Å². The van der Waals surface area contributed by atoms with Gasteiger partial charge in [0.2, 0.25) is 0 Å². The molecule has 162 valence electrons. The maximum atomic E-state index is 13.2. The molecule has 6 nitrogen and oxygen atoms in total. The molecule has 31 heavy (non-hydrogen) atoms. The highest BCUT2D eigenvalue weighted by atomic mass is 35.5. The summed E-state index contributed by atoms with van der Waals surface area (Å²) in [5.41, 5.74) is 2.25. The van der Waals surface area contributed by atoms with Crippen LogP contribution in [0.5, 0.6) is 0 Å². The van der Waals surface area contributed by atoms with E-state index in [4.69, 9.17) is 23.8 Å². The molecule has 1 amide bonds. The highest BCUT2D eigenvalue weighted by Gasteiger charge is 2.21. The van der Waals surface area contributed by atoms with Gasteiger partial charge in [0.15, 0.2) is 4.77 Å². The second-order valence-electron chi connectivity index (χ2n) is 7.79. The fourth-order valence-corrected chi connectivity index (χ4v) is 4.49. The van der Waals surface area contributed by atoms with Crippen LogP contribution in [0.2, 0.25) is 5.02 Å². The van der Waals surface area contributed by atoms with Crippen LogP contribution in [-0.4, -0.2) is 51.4 Å². The molecule has 8 heteroatoms. The molecule has 1 fully saturated rings. The fourth-order valence-electron chi connectivity index (χ4n) is 4.04. The van der Waals surface area contributed by atoms with Gasteiger partial charge >= 0.3 is 0 Å². The van der Waals surface area contributed by atoms with E-state index in [9.17, 15) is 9.59 Å². The SMILES string of the molecule is CCn1c(=S)[nH]c2cc(C(=O)N3CCCN(Cc4ccc(Cl)cc4)CC3)ccc2c1=O. The summed E-state index contributed by atoms with van der Waals surface area (Å²) >= 11 is 11.3. The van der Waals surface area contributed by atoms with Crippen LogP contribution in [0.3, 0.4) is 0 Å². The van der Waals surface area contributed by atoms with Crippen molar-refractivity contribution in [2.75, 3.05) is 26.2 Å². The van der Waals surface area contributed by atoms with Crippen molar-refractivity contribution in [3.8, 4) is 0 Å². The third kappa shape index (κ3) is 4.74. The van der Waals surface area contributed by atoms with Crippen molar-refractivity contribution in [2.24, 2.45) is 0 Å². The van der Waals surface area contributed by atoms with Gasteiger partial charge in [-0.05, 0) is 61.5 Å². The number of fused-ring (bicyclic) bond motifs is 1. The Labute approximate surface area is 191 Å². The molecule has 2 aromatic carbocycles. The van der Waals surface area contributed by atoms with Crippen molar-refractivity contribution < 1.29 is 4.79 Å². The van der Waals surface area contributed by atoms with E-state index in [1.165, 1.54) is 10.1 Å². The zero-order valence-electron chi connectivity index (χ0n) is 17.4. The van der Waals surface area contributed by atoms with Gasteiger partial charge in [-0.2, -0.15) is 0 Å². The second-order valence-corrected chi connectivity index (χ2v) is 8.61. The minimum Gasteiger partial charge on any atom is -0.337 e. The zero-order chi connectivity index (χ0) is 22.0. The molecular formula is C23H25ClN4O2S. The van der Waals surface area contributed by atoms with Crippen LogP contribution in [0, 0.1) is 4.77 Å². The molecule has 0 saturated carbocycles. The molecule has 1 N–H and O–H groups in total. The van der Waals surface area contributed by atoms with Crippen molar-refractivity contribution in [1.82, 2.24) is 19.4 Å². The normalized spacial score (nSPS) is 15.2. The van der Waals surface area contributed by atoms with Gasteiger partial charge in [-0.3, -0.25) is 19.1 Å². The molecule has 1 aliphatic heterocycles. The highest BCUT2D eigenvalue weighted by molar-refractivity contribution is 7.71. The lowest BCUT2D eigenvalue weighted by Crippen LogP contribution is -2.35. The van der Waals surface area contributed by atoms with Crippen LogP contribution in [0.15, 0.2) is 47.3 Å². The maximum absolute atomic E-state index is 13.2. The van der Waals surface area contributed by atoms with Gasteiger partial charge in [-0.15, -0.1) is 0 Å². The molecule has 2 heterocycles. The summed E-state index contributed by atoms with van der Waals surface area (Å²) in [6.45, 7) is 6.35. The Balaban J connectivity index is 1.49. The highest BCUT2D eigenvalue weighted by Crippen LogP contribution is 2.16. The Morgan fingerprint density at radius 1 is 1.10 bits per heavy atom. The first-order valence-corrected chi connectivity index (χ1v) is 11.3. The number of hydrogen-bond donors (Lipinski definition) is 1. The molecule has 3 aromatic rings. The first kappa shape index (κ1) is 21.7. The number of halogens is 1. The number of aromatic amines is 1. The summed E-state index contributed by atoms with van der Waals surface area (Å²) in [7, 11) is 0. The van der Waals surface area contributed by atoms with Crippen molar-refractivity contribution in [1.29, 1.82) is 0 Å². The number of carbonyl (C=O) groups is 1. The Bertz CT molecular complexity index is 1220. The topological polar surface area (TPSA) is 61.3 Å². The molecule has 0 atom stereocenters. The summed E-state index contributed by atoms with van der Waals surface area (Å²) in [4.78, 5) is 33.1. The van der Waals surface area contributed by atoms with Gasteiger partial charge in [0.1, 0.15) is 0 Å². The molecule has 0 bridgehead atoms. The van der Waals surface area contributed by atoms with E-state index in [1.54, 1.807) is 18.2 Å². The zero-order valence-corrected chi connectivity index (χ0v) is 19.0. The third-order valence-electron chi connectivity index (χ3n) is 5.74. The molecule has 0 radical (unpaired) electrons. The number of nitrogens with one attached hydrogen (secondary N) is 1. The van der Waals surface area contributed by atoms with Crippen LogP contribution in [0.1, 0.15) is 29.3 Å². The van der Waals surface area contributed by atoms with E-state index >= 15 is 0 Å². The molecule has 4 rings (SSSR count). The largest absolute Gasteiger partial charge is 0.337 e.